The minimum absolute atomic E-state index is 0.311. The van der Waals surface area contributed by atoms with Crippen LogP contribution < -0.4 is 0 Å². The van der Waals surface area contributed by atoms with Gasteiger partial charge in [0.05, 0.1) is 0 Å². The smallest absolute Gasteiger partial charge is 0.165 e. The lowest BCUT2D eigenvalue weighted by molar-refractivity contribution is -0.247. The second-order valence-corrected chi connectivity index (χ2v) is 2.74. The Morgan fingerprint density at radius 3 is 1.64 bits per heavy atom. The van der Waals surface area contributed by atoms with Crippen LogP contribution in [0.2, 0.25) is 0 Å². The van der Waals surface area contributed by atoms with Crippen LogP contribution in [0.1, 0.15) is 13.3 Å². The zero-order chi connectivity index (χ0) is 11.0. The minimum Gasteiger partial charge on any atom is -0.356 e. The van der Waals surface area contributed by atoms with E-state index in [-0.39, 0.29) is 12.6 Å². The molecule has 0 aromatic rings. The first kappa shape index (κ1) is 13.8. The average molecular weight is 208 g/mol. The number of hydrogen-bond donors (Lipinski definition) is 0. The Balaban J connectivity index is 3.88. The van der Waals surface area contributed by atoms with Gasteiger partial charge in [0.1, 0.15) is 0 Å². The van der Waals surface area contributed by atoms with Gasteiger partial charge in [-0.3, -0.25) is 0 Å². The van der Waals surface area contributed by atoms with Crippen molar-refractivity contribution in [1.29, 1.82) is 0 Å². The monoisotopic (exact) mass is 208 g/mol. The lowest BCUT2D eigenvalue weighted by Gasteiger charge is -2.23. The Bertz CT molecular complexity index is 126. The summed E-state index contributed by atoms with van der Waals surface area (Å²) in [6, 6.07) is 0. The van der Waals surface area contributed by atoms with E-state index in [0.29, 0.717) is 6.42 Å². The van der Waals surface area contributed by atoms with Gasteiger partial charge in [0, 0.05) is 34.9 Å². The van der Waals surface area contributed by atoms with Gasteiger partial charge in [-0.15, -0.1) is 0 Å². The van der Waals surface area contributed by atoms with Crippen molar-refractivity contribution in [2.24, 2.45) is 0 Å². The molecule has 0 radical (unpaired) electrons. The summed E-state index contributed by atoms with van der Waals surface area (Å²) in [5, 5.41) is 0. The predicted octanol–water partition coefficient (Wildman–Crippen LogP) is 0.977. The van der Waals surface area contributed by atoms with Gasteiger partial charge in [-0.1, -0.05) is 0 Å². The van der Waals surface area contributed by atoms with Crippen LogP contribution in [0, 0.1) is 0 Å². The average Bonchev–Trinajstić information content (AvgIpc) is 2.23. The van der Waals surface area contributed by atoms with Crippen LogP contribution in [-0.2, 0) is 23.7 Å². The maximum atomic E-state index is 5.38. The van der Waals surface area contributed by atoms with Crippen LogP contribution in [0.15, 0.2) is 0 Å². The van der Waals surface area contributed by atoms with Gasteiger partial charge in [-0.2, -0.15) is 0 Å². The zero-order valence-corrected chi connectivity index (χ0v) is 9.48. The third-order valence-electron chi connectivity index (χ3n) is 1.85. The van der Waals surface area contributed by atoms with Crippen LogP contribution in [0.25, 0.3) is 0 Å². The molecule has 0 aromatic heterocycles. The van der Waals surface area contributed by atoms with Gasteiger partial charge in [0.25, 0.3) is 0 Å². The number of ether oxygens (including phenoxy) is 5. The second kappa shape index (κ2) is 8.14. The van der Waals surface area contributed by atoms with E-state index in [1.807, 2.05) is 0 Å². The Labute approximate surface area is 85.2 Å². The maximum Gasteiger partial charge on any atom is 0.165 e. The van der Waals surface area contributed by atoms with E-state index in [1.54, 1.807) is 35.4 Å². The van der Waals surface area contributed by atoms with Crippen LogP contribution in [0.5, 0.6) is 0 Å². The maximum absolute atomic E-state index is 5.38. The number of methoxy groups -OCH3 is 4. The van der Waals surface area contributed by atoms with Crippen molar-refractivity contribution in [2.45, 2.75) is 32.2 Å². The van der Waals surface area contributed by atoms with Gasteiger partial charge >= 0.3 is 0 Å². The van der Waals surface area contributed by atoms with Crippen LogP contribution in [0.4, 0.5) is 0 Å². The van der Waals surface area contributed by atoms with Crippen molar-refractivity contribution in [2.75, 3.05) is 28.4 Å². The zero-order valence-electron chi connectivity index (χ0n) is 9.48. The summed E-state index contributed by atoms with van der Waals surface area (Å²) in [5.74, 6) is 0. The summed E-state index contributed by atoms with van der Waals surface area (Å²) in [6.07, 6.45) is -0.537. The molecule has 0 N–H and O–H groups in total. The summed E-state index contributed by atoms with van der Waals surface area (Å²) < 4.78 is 25.5. The fourth-order valence-electron chi connectivity index (χ4n) is 0.922. The lowest BCUT2D eigenvalue weighted by Crippen LogP contribution is -2.28. The van der Waals surface area contributed by atoms with Gasteiger partial charge in [-0.25, -0.2) is 0 Å². The topological polar surface area (TPSA) is 46.2 Å². The van der Waals surface area contributed by atoms with E-state index >= 15 is 0 Å². The number of rotatable bonds is 8. The molecule has 0 aromatic carbocycles. The normalized spacial score (nSPS) is 15.9. The van der Waals surface area contributed by atoms with Gasteiger partial charge < -0.3 is 23.7 Å². The van der Waals surface area contributed by atoms with E-state index < -0.39 is 6.29 Å². The summed E-state index contributed by atoms with van der Waals surface area (Å²) in [4.78, 5) is 0. The highest BCUT2D eigenvalue weighted by Gasteiger charge is 2.17. The third-order valence-corrected chi connectivity index (χ3v) is 1.85. The van der Waals surface area contributed by atoms with Crippen molar-refractivity contribution >= 4 is 0 Å². The first-order valence-corrected chi connectivity index (χ1v) is 4.44. The highest BCUT2D eigenvalue weighted by molar-refractivity contribution is 4.49. The molecule has 0 amide bonds. The first-order valence-electron chi connectivity index (χ1n) is 4.44. The summed E-state index contributed by atoms with van der Waals surface area (Å²) >= 11 is 0. The van der Waals surface area contributed by atoms with Crippen molar-refractivity contribution in [3.63, 3.8) is 0 Å². The Morgan fingerprint density at radius 1 is 0.786 bits per heavy atom. The van der Waals surface area contributed by atoms with Crippen LogP contribution >= 0.6 is 0 Å². The van der Waals surface area contributed by atoms with E-state index in [9.17, 15) is 0 Å². The molecule has 2 unspecified atom stereocenters. The molecule has 5 nitrogen and oxygen atoms in total. The molecule has 0 saturated carbocycles. The van der Waals surface area contributed by atoms with Crippen LogP contribution in [-0.4, -0.2) is 47.3 Å². The first-order chi connectivity index (χ1) is 6.67. The Morgan fingerprint density at radius 2 is 1.29 bits per heavy atom. The third kappa shape index (κ3) is 5.51. The fourth-order valence-corrected chi connectivity index (χ4v) is 0.922. The molecule has 0 bridgehead atoms. The van der Waals surface area contributed by atoms with Crippen molar-refractivity contribution in [3.05, 3.63) is 0 Å². The van der Waals surface area contributed by atoms with Gasteiger partial charge in [0.15, 0.2) is 18.9 Å². The van der Waals surface area contributed by atoms with Gasteiger partial charge in [0.2, 0.25) is 0 Å². The molecule has 0 aliphatic heterocycles. The summed E-state index contributed by atoms with van der Waals surface area (Å²) in [6.45, 7) is 1.79. The van der Waals surface area contributed by atoms with E-state index in [4.69, 9.17) is 23.7 Å². The van der Waals surface area contributed by atoms with E-state index in [1.165, 1.54) is 0 Å². The van der Waals surface area contributed by atoms with E-state index in [0.717, 1.165) is 0 Å². The molecule has 0 aliphatic rings. The molecule has 86 valence electrons. The highest BCUT2D eigenvalue weighted by atomic mass is 16.8. The molecule has 0 heterocycles. The second-order valence-electron chi connectivity index (χ2n) is 2.74. The molecule has 0 fully saturated rings. The van der Waals surface area contributed by atoms with Gasteiger partial charge in [-0.05, 0) is 6.92 Å². The standard InChI is InChI=1S/C9H20O5/c1-7(10-2)14-9(13-5)6-8(11-3)12-4/h7-9H,6H2,1-5H3. The molecule has 2 atom stereocenters. The summed E-state index contributed by atoms with van der Waals surface area (Å²) in [7, 11) is 6.28. The van der Waals surface area contributed by atoms with Crippen molar-refractivity contribution < 1.29 is 23.7 Å². The molecular formula is C9H20O5. The molecule has 14 heavy (non-hydrogen) atoms. The molecular weight excluding hydrogens is 188 g/mol. The van der Waals surface area contributed by atoms with Crippen LogP contribution in [0.3, 0.4) is 0 Å². The largest absolute Gasteiger partial charge is 0.356 e. The lowest BCUT2D eigenvalue weighted by atomic mass is 10.4. The van der Waals surface area contributed by atoms with E-state index in [2.05, 4.69) is 0 Å². The molecule has 0 aliphatic carbocycles. The summed E-state index contributed by atoms with van der Waals surface area (Å²) in [5.41, 5.74) is 0. The molecule has 0 spiro atoms. The highest BCUT2D eigenvalue weighted by Crippen LogP contribution is 2.09. The quantitative estimate of drug-likeness (QED) is 0.556. The minimum atomic E-state index is -0.394. The van der Waals surface area contributed by atoms with Crippen molar-refractivity contribution in [3.8, 4) is 0 Å². The molecule has 5 heteroatoms. The SMILES string of the molecule is COC(C)OC(CC(OC)OC)OC. The predicted molar refractivity (Wildman–Crippen MR) is 50.8 cm³/mol. The molecule has 0 rings (SSSR count). The fraction of sp³-hybridized carbons (Fsp3) is 1.00. The Kier molecular flexibility index (Phi) is 8.02. The Hall–Kier alpha value is -0.200. The van der Waals surface area contributed by atoms with Crippen molar-refractivity contribution in [1.82, 2.24) is 0 Å². The number of hydrogen-bond acceptors (Lipinski definition) is 5. The molecule has 0 saturated heterocycles.